The fraction of sp³-hybridized carbons (Fsp3) is 0.500. The molecule has 0 atom stereocenters. The standard InChI is InChI=1S/C20H29N7.C5H9F.CH3F/c1-5-8-16(2)22-17-15-19(25(3)4)24-20(23-17)27-13-11-26(12-14-27)18-9-6-7-10-21-18;1-3-5(2)4-6;1-2/h6-10,15H,5,11-14H2,1-4H3,(H,22,23,24);3H,4H2,1-2H3;1H3/b16-8+;5-3-;. The highest BCUT2D eigenvalue weighted by Crippen LogP contribution is 2.22. The highest BCUT2D eigenvalue weighted by Gasteiger charge is 2.21. The molecule has 9 heteroatoms. The Morgan fingerprint density at radius 3 is 2.23 bits per heavy atom. The van der Waals surface area contributed by atoms with Crippen LogP contribution in [0.4, 0.5) is 32.2 Å². The second-order valence-electron chi connectivity index (χ2n) is 8.16. The van der Waals surface area contributed by atoms with Crippen LogP contribution in [0.25, 0.3) is 0 Å². The molecule has 0 amide bonds. The van der Waals surface area contributed by atoms with E-state index in [0.717, 1.165) is 67.3 Å². The Labute approximate surface area is 209 Å². The molecule has 1 saturated heterocycles. The second kappa shape index (κ2) is 16.4. The summed E-state index contributed by atoms with van der Waals surface area (Å²) in [4.78, 5) is 20.5. The maximum atomic E-state index is 11.3. The summed E-state index contributed by atoms with van der Waals surface area (Å²) in [6, 6.07) is 8.02. The van der Waals surface area contributed by atoms with Crippen LogP contribution in [0.5, 0.6) is 0 Å². The van der Waals surface area contributed by atoms with Gasteiger partial charge in [-0.05, 0) is 44.9 Å². The molecule has 0 aromatic carbocycles. The average Bonchev–Trinajstić information content (AvgIpc) is 2.90. The fourth-order valence-corrected chi connectivity index (χ4v) is 3.17. The first-order chi connectivity index (χ1) is 16.9. The van der Waals surface area contributed by atoms with Crippen molar-refractivity contribution in [1.82, 2.24) is 15.0 Å². The lowest BCUT2D eigenvalue weighted by Gasteiger charge is -2.35. The monoisotopic (exact) mass is 489 g/mol. The molecule has 0 radical (unpaired) electrons. The normalized spacial score (nSPS) is 13.9. The molecule has 194 valence electrons. The van der Waals surface area contributed by atoms with Crippen molar-refractivity contribution in [2.24, 2.45) is 0 Å². The van der Waals surface area contributed by atoms with Crippen LogP contribution in [-0.4, -0.2) is 69.1 Å². The summed E-state index contributed by atoms with van der Waals surface area (Å²) in [6.07, 6.45) is 6.75. The minimum absolute atomic E-state index is 0.309. The molecule has 35 heavy (non-hydrogen) atoms. The van der Waals surface area contributed by atoms with Gasteiger partial charge in [-0.2, -0.15) is 9.97 Å². The maximum absolute atomic E-state index is 11.3. The Morgan fingerprint density at radius 1 is 1.09 bits per heavy atom. The number of hydrogen-bond donors (Lipinski definition) is 1. The van der Waals surface area contributed by atoms with Gasteiger partial charge in [0.25, 0.3) is 0 Å². The number of alkyl halides is 2. The number of pyridine rings is 1. The first kappa shape index (κ1) is 29.8. The van der Waals surface area contributed by atoms with Crippen LogP contribution in [0, 0.1) is 0 Å². The van der Waals surface area contributed by atoms with Gasteiger partial charge in [0, 0.05) is 58.2 Å². The number of hydrogen-bond acceptors (Lipinski definition) is 7. The molecular weight excluding hydrogens is 448 g/mol. The molecular formula is C26H41F2N7. The molecule has 2 aromatic heterocycles. The molecule has 1 fully saturated rings. The minimum atomic E-state index is -0.309. The highest BCUT2D eigenvalue weighted by molar-refractivity contribution is 5.56. The molecule has 3 heterocycles. The van der Waals surface area contributed by atoms with Crippen molar-refractivity contribution in [3.05, 3.63) is 53.9 Å². The van der Waals surface area contributed by atoms with Gasteiger partial charge < -0.3 is 20.0 Å². The van der Waals surface area contributed by atoms with Crippen molar-refractivity contribution in [3.63, 3.8) is 0 Å². The maximum Gasteiger partial charge on any atom is 0.229 e. The van der Waals surface area contributed by atoms with Crippen LogP contribution in [0.3, 0.4) is 0 Å². The van der Waals surface area contributed by atoms with Crippen molar-refractivity contribution in [1.29, 1.82) is 0 Å². The Kier molecular flexibility index (Phi) is 14.0. The van der Waals surface area contributed by atoms with Gasteiger partial charge in [-0.15, -0.1) is 0 Å². The summed E-state index contributed by atoms with van der Waals surface area (Å²) in [5.74, 6) is 3.54. The second-order valence-corrected chi connectivity index (χ2v) is 8.16. The lowest BCUT2D eigenvalue weighted by molar-refractivity contribution is 0.543. The van der Waals surface area contributed by atoms with E-state index in [0.29, 0.717) is 7.18 Å². The van der Waals surface area contributed by atoms with E-state index in [1.54, 1.807) is 13.0 Å². The Balaban J connectivity index is 0.000000670. The quantitative estimate of drug-likeness (QED) is 0.516. The number of piperazine rings is 1. The van der Waals surface area contributed by atoms with Crippen LogP contribution >= 0.6 is 0 Å². The summed E-state index contributed by atoms with van der Waals surface area (Å²) in [5, 5.41) is 3.39. The van der Waals surface area contributed by atoms with Gasteiger partial charge in [0.2, 0.25) is 5.95 Å². The van der Waals surface area contributed by atoms with Crippen LogP contribution in [-0.2, 0) is 0 Å². The third kappa shape index (κ3) is 10.3. The lowest BCUT2D eigenvalue weighted by Crippen LogP contribution is -2.47. The minimum Gasteiger partial charge on any atom is -0.363 e. The lowest BCUT2D eigenvalue weighted by atomic mass is 10.3. The zero-order valence-electron chi connectivity index (χ0n) is 22.2. The molecule has 1 aliphatic rings. The van der Waals surface area contributed by atoms with Gasteiger partial charge in [-0.3, -0.25) is 4.39 Å². The Bertz CT molecular complexity index is 909. The molecule has 0 spiro atoms. The number of nitrogens with one attached hydrogen (secondary N) is 1. The van der Waals surface area contributed by atoms with E-state index in [2.05, 4.69) is 46.1 Å². The molecule has 3 rings (SSSR count). The number of rotatable bonds is 7. The summed E-state index contributed by atoms with van der Waals surface area (Å²) in [6.45, 7) is 11.0. The molecule has 0 unspecified atom stereocenters. The van der Waals surface area contributed by atoms with Crippen LogP contribution < -0.4 is 20.0 Å². The van der Waals surface area contributed by atoms with Crippen molar-refractivity contribution < 1.29 is 8.78 Å². The highest BCUT2D eigenvalue weighted by atomic mass is 19.1. The van der Waals surface area contributed by atoms with Gasteiger partial charge in [0.1, 0.15) is 24.1 Å². The largest absolute Gasteiger partial charge is 0.363 e. The summed E-state index contributed by atoms with van der Waals surface area (Å²) in [7, 11) is 4.51. The van der Waals surface area contributed by atoms with E-state index in [4.69, 9.17) is 9.97 Å². The van der Waals surface area contributed by atoms with E-state index >= 15 is 0 Å². The Morgan fingerprint density at radius 2 is 1.74 bits per heavy atom. The molecule has 0 aliphatic carbocycles. The predicted molar refractivity (Wildman–Crippen MR) is 145 cm³/mol. The SMILES string of the molecule is C/C=C(/C)CF.CC/C=C(\C)Nc1cc(N(C)C)nc(N2CCN(c3ccccn3)CC2)n1.CF. The van der Waals surface area contributed by atoms with E-state index in [9.17, 15) is 8.78 Å². The fourth-order valence-electron chi connectivity index (χ4n) is 3.17. The van der Waals surface area contributed by atoms with Crippen LogP contribution in [0.15, 0.2) is 53.9 Å². The van der Waals surface area contributed by atoms with Crippen molar-refractivity contribution >= 4 is 23.4 Å². The molecule has 1 N–H and O–H groups in total. The van der Waals surface area contributed by atoms with Crippen LogP contribution in [0.1, 0.15) is 34.1 Å². The number of aromatic nitrogens is 3. The van der Waals surface area contributed by atoms with Crippen LogP contribution in [0.2, 0.25) is 0 Å². The Hall–Kier alpha value is -3.23. The summed E-state index contributed by atoms with van der Waals surface area (Å²) < 4.78 is 20.8. The molecule has 2 aromatic rings. The number of halogens is 2. The van der Waals surface area contributed by atoms with E-state index in [-0.39, 0.29) is 6.67 Å². The van der Waals surface area contributed by atoms with Gasteiger partial charge in [0.15, 0.2) is 0 Å². The predicted octanol–water partition coefficient (Wildman–Crippen LogP) is 5.50. The molecule has 7 nitrogen and oxygen atoms in total. The number of anilines is 4. The molecule has 1 aliphatic heterocycles. The van der Waals surface area contributed by atoms with E-state index in [1.165, 1.54) is 0 Å². The van der Waals surface area contributed by atoms with Gasteiger partial charge in [0.05, 0.1) is 7.18 Å². The summed E-state index contributed by atoms with van der Waals surface area (Å²) >= 11 is 0. The van der Waals surface area contributed by atoms with Gasteiger partial charge in [-0.1, -0.05) is 25.1 Å². The van der Waals surface area contributed by atoms with E-state index < -0.39 is 0 Å². The van der Waals surface area contributed by atoms with Crippen molar-refractivity contribution in [2.45, 2.75) is 34.1 Å². The third-order valence-electron chi connectivity index (χ3n) is 5.23. The summed E-state index contributed by atoms with van der Waals surface area (Å²) in [5.41, 5.74) is 1.90. The smallest absolute Gasteiger partial charge is 0.229 e. The first-order valence-corrected chi connectivity index (χ1v) is 11.8. The van der Waals surface area contributed by atoms with Gasteiger partial charge >= 0.3 is 0 Å². The third-order valence-corrected chi connectivity index (χ3v) is 5.23. The topological polar surface area (TPSA) is 60.4 Å². The first-order valence-electron chi connectivity index (χ1n) is 11.8. The van der Waals surface area contributed by atoms with Gasteiger partial charge in [-0.25, -0.2) is 9.37 Å². The van der Waals surface area contributed by atoms with E-state index in [1.807, 2.05) is 50.3 Å². The molecule has 0 bridgehead atoms. The number of allylic oxidation sites excluding steroid dienone is 4. The number of nitrogens with zero attached hydrogens (tertiary/aromatic N) is 6. The van der Waals surface area contributed by atoms with Crippen molar-refractivity contribution in [2.75, 3.05) is 74.1 Å². The zero-order chi connectivity index (χ0) is 26.2. The molecule has 0 saturated carbocycles. The average molecular weight is 490 g/mol. The zero-order valence-corrected chi connectivity index (χ0v) is 22.2. The van der Waals surface area contributed by atoms with Crippen molar-refractivity contribution in [3.8, 4) is 0 Å².